The fourth-order valence-electron chi connectivity index (χ4n) is 2.30. The van der Waals surface area contributed by atoms with Gasteiger partial charge >= 0.3 is 0 Å². The number of nitrogens with two attached hydrogens (primary N) is 1. The van der Waals surface area contributed by atoms with Crippen molar-refractivity contribution >= 4 is 5.91 Å². The Kier molecular flexibility index (Phi) is 4.54. The molecule has 0 aromatic carbocycles. The van der Waals surface area contributed by atoms with Gasteiger partial charge in [0.2, 0.25) is 5.91 Å². The monoisotopic (exact) mass is 214 g/mol. The van der Waals surface area contributed by atoms with E-state index < -0.39 is 0 Å². The number of primary amides is 1. The summed E-state index contributed by atoms with van der Waals surface area (Å²) in [7, 11) is 0. The Labute approximate surface area is 91.4 Å². The molecule has 1 aliphatic carbocycles. The van der Waals surface area contributed by atoms with Gasteiger partial charge in [0, 0.05) is 12.1 Å². The molecule has 0 bridgehead atoms. The van der Waals surface area contributed by atoms with Crippen LogP contribution in [0.1, 0.15) is 39.5 Å². The molecule has 1 saturated carbocycles. The number of hydrogen-bond acceptors (Lipinski definition) is 3. The molecule has 4 nitrogen and oxygen atoms in total. The summed E-state index contributed by atoms with van der Waals surface area (Å²) in [5, 5.41) is 9.42. The molecule has 15 heavy (non-hydrogen) atoms. The van der Waals surface area contributed by atoms with Gasteiger partial charge in [0.15, 0.2) is 0 Å². The van der Waals surface area contributed by atoms with E-state index >= 15 is 0 Å². The maximum atomic E-state index is 11.0. The number of nitrogens with zero attached hydrogens (tertiary/aromatic N) is 1. The minimum atomic E-state index is -0.269. The number of rotatable bonds is 4. The topological polar surface area (TPSA) is 66.6 Å². The Bertz CT molecular complexity index is 211. The van der Waals surface area contributed by atoms with Gasteiger partial charge in [-0.3, -0.25) is 9.69 Å². The van der Waals surface area contributed by atoms with Crippen LogP contribution in [0.3, 0.4) is 0 Å². The van der Waals surface area contributed by atoms with Crippen molar-refractivity contribution in [2.24, 2.45) is 5.73 Å². The lowest BCUT2D eigenvalue weighted by Gasteiger charge is -2.37. The van der Waals surface area contributed by atoms with E-state index in [1.807, 2.05) is 0 Å². The predicted octanol–water partition coefficient (Wildman–Crippen LogP) is 0.486. The molecule has 1 rings (SSSR count). The largest absolute Gasteiger partial charge is 0.393 e. The fraction of sp³-hybridized carbons (Fsp3) is 0.909. The number of carbonyl (C=O) groups excluding carboxylic acids is 1. The standard InChI is InChI=1S/C11H22N2O2/c1-8(2)13(7-11(12)15)9-3-5-10(14)6-4-9/h8-10,14H,3-7H2,1-2H3,(H2,12,15). The summed E-state index contributed by atoms with van der Waals surface area (Å²) in [5.41, 5.74) is 5.24. The molecule has 0 heterocycles. The zero-order chi connectivity index (χ0) is 11.4. The number of carbonyl (C=O) groups is 1. The Morgan fingerprint density at radius 3 is 2.33 bits per heavy atom. The summed E-state index contributed by atoms with van der Waals surface area (Å²) < 4.78 is 0. The van der Waals surface area contributed by atoms with Crippen molar-refractivity contribution in [2.45, 2.75) is 57.7 Å². The van der Waals surface area contributed by atoms with Gasteiger partial charge in [0.05, 0.1) is 12.6 Å². The lowest BCUT2D eigenvalue weighted by atomic mass is 9.91. The van der Waals surface area contributed by atoms with Crippen LogP contribution < -0.4 is 5.73 Å². The van der Waals surface area contributed by atoms with Crippen LogP contribution in [-0.2, 0) is 4.79 Å². The van der Waals surface area contributed by atoms with E-state index in [9.17, 15) is 9.90 Å². The van der Waals surface area contributed by atoms with E-state index in [1.165, 1.54) is 0 Å². The Morgan fingerprint density at radius 1 is 1.40 bits per heavy atom. The highest BCUT2D eigenvalue weighted by Crippen LogP contribution is 2.24. The molecule has 0 unspecified atom stereocenters. The molecule has 0 atom stereocenters. The highest BCUT2D eigenvalue weighted by Gasteiger charge is 2.27. The summed E-state index contributed by atoms with van der Waals surface area (Å²) in [4.78, 5) is 13.1. The number of aliphatic hydroxyl groups excluding tert-OH is 1. The summed E-state index contributed by atoms with van der Waals surface area (Å²) in [6.45, 7) is 4.49. The van der Waals surface area contributed by atoms with Crippen LogP contribution >= 0.6 is 0 Å². The van der Waals surface area contributed by atoms with Crippen LogP contribution in [0, 0.1) is 0 Å². The Balaban J connectivity index is 2.52. The summed E-state index contributed by atoms with van der Waals surface area (Å²) in [6, 6.07) is 0.735. The Morgan fingerprint density at radius 2 is 1.93 bits per heavy atom. The lowest BCUT2D eigenvalue weighted by molar-refractivity contribution is -0.120. The maximum Gasteiger partial charge on any atom is 0.231 e. The normalized spacial score (nSPS) is 27.3. The summed E-state index contributed by atoms with van der Waals surface area (Å²) in [5.74, 6) is -0.269. The van der Waals surface area contributed by atoms with Gasteiger partial charge in [-0.25, -0.2) is 0 Å². The predicted molar refractivity (Wildman–Crippen MR) is 59.3 cm³/mol. The minimum Gasteiger partial charge on any atom is -0.393 e. The first-order chi connectivity index (χ1) is 7.00. The smallest absolute Gasteiger partial charge is 0.231 e. The molecule has 88 valence electrons. The van der Waals surface area contributed by atoms with Crippen molar-refractivity contribution in [2.75, 3.05) is 6.54 Å². The molecular formula is C11H22N2O2. The van der Waals surface area contributed by atoms with Gasteiger partial charge in [-0.05, 0) is 39.5 Å². The van der Waals surface area contributed by atoms with Gasteiger partial charge in [0.1, 0.15) is 0 Å². The molecule has 1 fully saturated rings. The molecule has 0 spiro atoms. The average molecular weight is 214 g/mol. The first kappa shape index (κ1) is 12.5. The number of amides is 1. The molecule has 0 radical (unpaired) electrons. The van der Waals surface area contributed by atoms with E-state index in [1.54, 1.807) is 0 Å². The van der Waals surface area contributed by atoms with Crippen molar-refractivity contribution in [3.05, 3.63) is 0 Å². The molecule has 0 aromatic rings. The van der Waals surface area contributed by atoms with Crippen molar-refractivity contribution < 1.29 is 9.90 Å². The molecule has 1 amide bonds. The summed E-state index contributed by atoms with van der Waals surface area (Å²) >= 11 is 0. The highest BCUT2D eigenvalue weighted by atomic mass is 16.3. The Hall–Kier alpha value is -0.610. The van der Waals surface area contributed by atoms with Crippen LogP contribution in [0.4, 0.5) is 0 Å². The van der Waals surface area contributed by atoms with E-state index in [2.05, 4.69) is 18.7 Å². The molecule has 0 aliphatic heterocycles. The second kappa shape index (κ2) is 5.47. The average Bonchev–Trinajstić information content (AvgIpc) is 2.15. The van der Waals surface area contributed by atoms with E-state index in [4.69, 9.17) is 5.73 Å². The SMILES string of the molecule is CC(C)N(CC(N)=O)C1CCC(O)CC1. The quantitative estimate of drug-likeness (QED) is 0.715. The third-order valence-electron chi connectivity index (χ3n) is 3.14. The minimum absolute atomic E-state index is 0.149. The maximum absolute atomic E-state index is 11.0. The van der Waals surface area contributed by atoms with Crippen molar-refractivity contribution in [3.63, 3.8) is 0 Å². The lowest BCUT2D eigenvalue weighted by Crippen LogP contribution is -2.47. The van der Waals surface area contributed by atoms with E-state index in [-0.39, 0.29) is 12.0 Å². The molecule has 1 aliphatic rings. The third kappa shape index (κ3) is 3.80. The van der Waals surface area contributed by atoms with Crippen LogP contribution in [0.5, 0.6) is 0 Å². The van der Waals surface area contributed by atoms with Crippen LogP contribution in [0.2, 0.25) is 0 Å². The second-order valence-corrected chi connectivity index (χ2v) is 4.69. The first-order valence-electron chi connectivity index (χ1n) is 5.72. The van der Waals surface area contributed by atoms with Crippen LogP contribution in [0.15, 0.2) is 0 Å². The molecular weight excluding hydrogens is 192 g/mol. The molecule has 4 heteroatoms. The highest BCUT2D eigenvalue weighted by molar-refractivity contribution is 5.76. The number of hydrogen-bond donors (Lipinski definition) is 2. The van der Waals surface area contributed by atoms with Crippen LogP contribution in [-0.4, -0.2) is 40.6 Å². The van der Waals surface area contributed by atoms with Gasteiger partial charge in [0.25, 0.3) is 0 Å². The fourth-order valence-corrected chi connectivity index (χ4v) is 2.30. The number of aliphatic hydroxyl groups is 1. The van der Waals surface area contributed by atoms with E-state index in [0.717, 1.165) is 25.7 Å². The van der Waals surface area contributed by atoms with Gasteiger partial charge in [-0.15, -0.1) is 0 Å². The van der Waals surface area contributed by atoms with Crippen molar-refractivity contribution in [1.82, 2.24) is 4.90 Å². The van der Waals surface area contributed by atoms with E-state index in [0.29, 0.717) is 18.6 Å². The third-order valence-corrected chi connectivity index (χ3v) is 3.14. The van der Waals surface area contributed by atoms with Gasteiger partial charge in [-0.2, -0.15) is 0 Å². The van der Waals surface area contributed by atoms with Crippen molar-refractivity contribution in [3.8, 4) is 0 Å². The second-order valence-electron chi connectivity index (χ2n) is 4.69. The van der Waals surface area contributed by atoms with Gasteiger partial charge < -0.3 is 10.8 Å². The molecule has 0 aromatic heterocycles. The summed E-state index contributed by atoms with van der Waals surface area (Å²) in [6.07, 6.45) is 3.46. The first-order valence-corrected chi connectivity index (χ1v) is 5.72. The van der Waals surface area contributed by atoms with Crippen LogP contribution in [0.25, 0.3) is 0 Å². The zero-order valence-electron chi connectivity index (χ0n) is 9.65. The zero-order valence-corrected chi connectivity index (χ0v) is 9.65. The molecule has 3 N–H and O–H groups in total. The van der Waals surface area contributed by atoms with Crippen molar-refractivity contribution in [1.29, 1.82) is 0 Å². The molecule has 0 saturated heterocycles. The van der Waals surface area contributed by atoms with Gasteiger partial charge in [-0.1, -0.05) is 0 Å².